The molecule has 0 bridgehead atoms. The van der Waals surface area contributed by atoms with Gasteiger partial charge in [-0.3, -0.25) is 14.9 Å². The quantitative estimate of drug-likeness (QED) is 0.338. The van der Waals surface area contributed by atoms with Crippen LogP contribution in [0.4, 0.5) is 5.69 Å². The Kier molecular flexibility index (Phi) is 5.93. The molecular weight excluding hydrogens is 426 g/mol. The Morgan fingerprint density at radius 3 is 2.73 bits per heavy atom. The number of para-hydroxylation sites is 1. The molecule has 0 atom stereocenters. The molecule has 0 fully saturated rings. The van der Waals surface area contributed by atoms with Crippen LogP contribution in [0.5, 0.6) is 0 Å². The molecule has 0 aliphatic rings. The van der Waals surface area contributed by atoms with Crippen LogP contribution in [0.1, 0.15) is 25.8 Å². The van der Waals surface area contributed by atoms with Crippen LogP contribution in [0.15, 0.2) is 47.4 Å². The van der Waals surface area contributed by atoms with Crippen molar-refractivity contribution in [2.45, 2.75) is 33.2 Å². The van der Waals surface area contributed by atoms with Crippen molar-refractivity contribution in [3.63, 3.8) is 0 Å². The normalized spacial score (nSPS) is 11.2. The van der Waals surface area contributed by atoms with E-state index in [1.807, 2.05) is 24.4 Å². The number of hydrogen-bond acceptors (Lipinski definition) is 7. The van der Waals surface area contributed by atoms with Crippen molar-refractivity contribution in [1.82, 2.24) is 14.3 Å². The van der Waals surface area contributed by atoms with Crippen molar-refractivity contribution in [3.8, 4) is 11.3 Å². The molecule has 2 heterocycles. The Labute approximate surface area is 188 Å². The van der Waals surface area contributed by atoms with Crippen molar-refractivity contribution >= 4 is 33.6 Å². The lowest BCUT2D eigenvalue weighted by molar-refractivity contribution is -0.384. The van der Waals surface area contributed by atoms with Gasteiger partial charge in [-0.05, 0) is 31.0 Å². The van der Waals surface area contributed by atoms with Crippen LogP contribution in [0.3, 0.4) is 0 Å². The molecule has 4 aromatic rings. The molecule has 0 spiro atoms. The average Bonchev–Trinajstić information content (AvgIpc) is 3.17. The van der Waals surface area contributed by atoms with Gasteiger partial charge in [-0.25, -0.2) is 9.78 Å². The van der Waals surface area contributed by atoms with E-state index in [2.05, 4.69) is 16.5 Å². The number of nitrogens with two attached hydrogens (primary N) is 1. The van der Waals surface area contributed by atoms with Crippen molar-refractivity contribution in [2.75, 3.05) is 6.54 Å². The molecule has 0 saturated heterocycles. The van der Waals surface area contributed by atoms with E-state index in [-0.39, 0.29) is 22.4 Å². The zero-order valence-corrected chi connectivity index (χ0v) is 18.3. The molecule has 0 radical (unpaired) electrons. The minimum absolute atomic E-state index is 0.0364. The first kappa shape index (κ1) is 22.2. The molecule has 2 aromatic carbocycles. The number of rotatable bonds is 7. The Bertz CT molecular complexity index is 1450. The summed E-state index contributed by atoms with van der Waals surface area (Å²) in [5.74, 6) is -0.735. The van der Waals surface area contributed by atoms with E-state index in [1.54, 1.807) is 0 Å². The maximum Gasteiger partial charge on any atom is 0.330 e. The second-order valence-electron chi connectivity index (χ2n) is 7.62. The molecule has 2 aromatic heterocycles. The van der Waals surface area contributed by atoms with E-state index in [4.69, 9.17) is 10.6 Å². The lowest BCUT2D eigenvalue weighted by atomic mass is 10.1. The van der Waals surface area contributed by atoms with Crippen molar-refractivity contribution in [3.05, 3.63) is 68.6 Å². The lowest BCUT2D eigenvalue weighted by Gasteiger charge is -2.10. The first-order chi connectivity index (χ1) is 15.8. The molecule has 33 heavy (non-hydrogen) atoms. The molecule has 0 aliphatic carbocycles. The van der Waals surface area contributed by atoms with Gasteiger partial charge in [-0.15, -0.1) is 4.73 Å². The van der Waals surface area contributed by atoms with Gasteiger partial charge in [0.05, 0.1) is 16.0 Å². The Morgan fingerprint density at radius 2 is 2.06 bits per heavy atom. The minimum atomic E-state index is -0.735. The molecular formula is C23H23N5O5. The highest BCUT2D eigenvalue weighted by Crippen LogP contribution is 2.32. The van der Waals surface area contributed by atoms with Crippen molar-refractivity contribution < 1.29 is 14.6 Å². The number of nitro groups is 1. The summed E-state index contributed by atoms with van der Waals surface area (Å²) in [4.78, 5) is 45.5. The van der Waals surface area contributed by atoms with Crippen molar-refractivity contribution in [2.24, 2.45) is 5.73 Å². The number of hydrogen-bond donors (Lipinski definition) is 1. The topological polar surface area (TPSA) is 135 Å². The zero-order valence-electron chi connectivity index (χ0n) is 18.3. The number of nitrogens with zero attached hydrogens (tertiary/aromatic N) is 4. The van der Waals surface area contributed by atoms with Gasteiger partial charge in [0.15, 0.2) is 0 Å². The smallest absolute Gasteiger partial charge is 0.330 e. The van der Waals surface area contributed by atoms with E-state index < -0.39 is 16.5 Å². The van der Waals surface area contributed by atoms with Crippen LogP contribution >= 0.6 is 0 Å². The number of non-ortho nitro benzene ring substituents is 1. The maximum absolute atomic E-state index is 13.4. The van der Waals surface area contributed by atoms with E-state index >= 15 is 0 Å². The van der Waals surface area contributed by atoms with Gasteiger partial charge < -0.3 is 15.1 Å². The molecule has 0 amide bonds. The van der Waals surface area contributed by atoms with Crippen molar-refractivity contribution in [1.29, 1.82) is 0 Å². The monoisotopic (exact) mass is 449 g/mol. The summed E-state index contributed by atoms with van der Waals surface area (Å²) in [6.07, 6.45) is 3.42. The van der Waals surface area contributed by atoms with Gasteiger partial charge >= 0.3 is 11.5 Å². The third-order valence-electron chi connectivity index (χ3n) is 5.45. The Balaban J connectivity index is 2.05. The number of fused-ring (bicyclic) bond motifs is 2. The summed E-state index contributed by atoms with van der Waals surface area (Å²) >= 11 is 0. The third kappa shape index (κ3) is 3.96. The van der Waals surface area contributed by atoms with Crippen LogP contribution in [0, 0.1) is 10.1 Å². The molecule has 2 N–H and O–H groups in total. The van der Waals surface area contributed by atoms with Crippen LogP contribution in [0.2, 0.25) is 0 Å². The minimum Gasteiger partial charge on any atom is -0.347 e. The van der Waals surface area contributed by atoms with Crippen LogP contribution < -0.4 is 16.1 Å². The molecule has 10 heteroatoms. The first-order valence-corrected chi connectivity index (χ1v) is 10.6. The summed E-state index contributed by atoms with van der Waals surface area (Å²) in [6, 6.07) is 9.77. The van der Waals surface area contributed by atoms with Gasteiger partial charge in [0.2, 0.25) is 0 Å². The summed E-state index contributed by atoms with van der Waals surface area (Å²) in [7, 11) is 0. The second kappa shape index (κ2) is 8.83. The van der Waals surface area contributed by atoms with E-state index in [1.165, 1.54) is 12.1 Å². The highest BCUT2D eigenvalue weighted by atomic mass is 16.7. The summed E-state index contributed by atoms with van der Waals surface area (Å²) < 4.78 is 2.84. The number of aryl methyl sites for hydroxylation is 2. The SMILES string of the molecule is CCc1cccc2c(-c3nc4ccc([N+](=O)[O-])cc4n(OC(C)=O)c3=O)cn(CCCN)c12. The van der Waals surface area contributed by atoms with Crippen LogP contribution in [-0.4, -0.2) is 31.7 Å². The van der Waals surface area contributed by atoms with Gasteiger partial charge in [-0.2, -0.15) is 0 Å². The first-order valence-electron chi connectivity index (χ1n) is 10.6. The highest BCUT2D eigenvalue weighted by molar-refractivity contribution is 5.97. The zero-order chi connectivity index (χ0) is 23.7. The Hall–Kier alpha value is -4.05. The van der Waals surface area contributed by atoms with Crippen LogP contribution in [-0.2, 0) is 17.8 Å². The molecule has 170 valence electrons. The standard InChI is InChI=1S/C23H23N5O5/c1-3-15-6-4-7-17-18(13-26(22(15)17)11-5-10-24)21-23(30)27(33-14(2)29)20-12-16(28(31)32)8-9-19(20)25-21/h4,6-9,12-13H,3,5,10-11,24H2,1-2H3. The fourth-order valence-electron chi connectivity index (χ4n) is 4.00. The maximum atomic E-state index is 13.4. The van der Waals surface area contributed by atoms with E-state index in [0.29, 0.717) is 18.7 Å². The highest BCUT2D eigenvalue weighted by Gasteiger charge is 2.21. The van der Waals surface area contributed by atoms with Gasteiger partial charge in [-0.1, -0.05) is 25.1 Å². The van der Waals surface area contributed by atoms with Gasteiger partial charge in [0.1, 0.15) is 11.2 Å². The third-order valence-corrected chi connectivity index (χ3v) is 5.45. The number of carbonyl (C=O) groups excluding carboxylic acids is 1. The fraction of sp³-hybridized carbons (Fsp3) is 0.261. The number of nitro benzene ring substituents is 1. The van der Waals surface area contributed by atoms with Gasteiger partial charge in [0, 0.05) is 42.7 Å². The molecule has 10 nitrogen and oxygen atoms in total. The molecule has 0 unspecified atom stereocenters. The van der Waals surface area contributed by atoms with E-state index in [0.717, 1.165) is 47.0 Å². The summed E-state index contributed by atoms with van der Waals surface area (Å²) in [5, 5.41) is 12.1. The molecule has 0 saturated carbocycles. The van der Waals surface area contributed by atoms with E-state index in [9.17, 15) is 19.7 Å². The largest absolute Gasteiger partial charge is 0.347 e. The molecule has 4 rings (SSSR count). The fourth-order valence-corrected chi connectivity index (χ4v) is 4.00. The summed E-state index contributed by atoms with van der Waals surface area (Å²) in [6.45, 7) is 4.41. The molecule has 0 aliphatic heterocycles. The number of benzene rings is 2. The average molecular weight is 449 g/mol. The van der Waals surface area contributed by atoms with Crippen LogP contribution in [0.25, 0.3) is 33.2 Å². The number of carbonyl (C=O) groups is 1. The van der Waals surface area contributed by atoms with Gasteiger partial charge in [0.25, 0.3) is 5.69 Å². The lowest BCUT2D eigenvalue weighted by Crippen LogP contribution is -2.31. The summed E-state index contributed by atoms with van der Waals surface area (Å²) in [5.41, 5.74) is 7.89. The Morgan fingerprint density at radius 1 is 1.27 bits per heavy atom. The predicted molar refractivity (Wildman–Crippen MR) is 124 cm³/mol. The predicted octanol–water partition coefficient (Wildman–Crippen LogP) is 2.81. The number of aromatic nitrogens is 3. The second-order valence-corrected chi connectivity index (χ2v) is 7.62.